The van der Waals surface area contributed by atoms with Crippen molar-refractivity contribution >= 4 is 5.78 Å². The Hall–Kier alpha value is -0.410. The van der Waals surface area contributed by atoms with E-state index in [0.717, 1.165) is 12.8 Å². The van der Waals surface area contributed by atoms with Crippen LogP contribution in [0.5, 0.6) is 0 Å². The van der Waals surface area contributed by atoms with E-state index < -0.39 is 5.79 Å². The van der Waals surface area contributed by atoms with Gasteiger partial charge in [0.25, 0.3) is 0 Å². The number of carbonyl (C=O) groups excluding carboxylic acids is 1. The van der Waals surface area contributed by atoms with Crippen LogP contribution in [0.25, 0.3) is 0 Å². The van der Waals surface area contributed by atoms with Crippen LogP contribution >= 0.6 is 0 Å². The Bertz CT molecular complexity index is 194. The summed E-state index contributed by atoms with van der Waals surface area (Å²) in [5, 5.41) is 0. The molecule has 1 saturated carbocycles. The minimum Gasteiger partial charge on any atom is -0.347 e. The van der Waals surface area contributed by atoms with E-state index in [9.17, 15) is 4.79 Å². The van der Waals surface area contributed by atoms with Crippen LogP contribution in [0, 0.1) is 5.92 Å². The molecule has 1 saturated heterocycles. The van der Waals surface area contributed by atoms with E-state index in [2.05, 4.69) is 0 Å². The van der Waals surface area contributed by atoms with Gasteiger partial charge in [0.1, 0.15) is 5.78 Å². The first-order chi connectivity index (χ1) is 5.72. The summed E-state index contributed by atoms with van der Waals surface area (Å²) in [5.41, 5.74) is 0. The third-order valence-electron chi connectivity index (χ3n) is 2.80. The summed E-state index contributed by atoms with van der Waals surface area (Å²) in [5.74, 6) is -0.312. The van der Waals surface area contributed by atoms with E-state index in [4.69, 9.17) is 9.47 Å². The number of rotatable bonds is 1. The maximum Gasteiger partial charge on any atom is 0.175 e. The van der Waals surface area contributed by atoms with E-state index in [-0.39, 0.29) is 5.92 Å². The first-order valence-corrected chi connectivity index (χ1v) is 4.53. The Labute approximate surface area is 72.0 Å². The lowest BCUT2D eigenvalue weighted by Crippen LogP contribution is -2.38. The second kappa shape index (κ2) is 2.82. The molecular weight excluding hydrogens is 156 g/mol. The first kappa shape index (κ1) is 8.20. The number of ether oxygens (including phenoxy) is 2. The van der Waals surface area contributed by atoms with Gasteiger partial charge in [-0.05, 0) is 19.8 Å². The summed E-state index contributed by atoms with van der Waals surface area (Å²) in [6.45, 7) is 3.13. The molecule has 0 aromatic carbocycles. The SMILES string of the molecule is CC1(C2CCCC2=O)OCCO1. The van der Waals surface area contributed by atoms with Crippen LogP contribution in [0.2, 0.25) is 0 Å². The molecule has 0 bridgehead atoms. The normalized spacial score (nSPS) is 34.4. The molecule has 1 atom stereocenters. The molecule has 1 aliphatic heterocycles. The van der Waals surface area contributed by atoms with Crippen LogP contribution in [0.15, 0.2) is 0 Å². The van der Waals surface area contributed by atoms with Crippen LogP contribution in [0.4, 0.5) is 0 Å². The lowest BCUT2D eigenvalue weighted by Gasteiger charge is -2.27. The van der Waals surface area contributed by atoms with Gasteiger partial charge >= 0.3 is 0 Å². The smallest absolute Gasteiger partial charge is 0.175 e. The standard InChI is InChI=1S/C9H14O3/c1-9(11-5-6-12-9)7-3-2-4-8(7)10/h7H,2-6H2,1H3. The predicted octanol–water partition coefficient (Wildman–Crippen LogP) is 1.12. The predicted molar refractivity (Wildman–Crippen MR) is 42.7 cm³/mol. The van der Waals surface area contributed by atoms with Gasteiger partial charge in [-0.25, -0.2) is 0 Å². The van der Waals surface area contributed by atoms with Crippen molar-refractivity contribution in [3.05, 3.63) is 0 Å². The lowest BCUT2D eigenvalue weighted by atomic mass is 9.97. The average Bonchev–Trinajstić information content (AvgIpc) is 2.59. The Morgan fingerprint density at radius 3 is 2.58 bits per heavy atom. The fourth-order valence-corrected chi connectivity index (χ4v) is 2.10. The number of carbonyl (C=O) groups is 1. The summed E-state index contributed by atoms with van der Waals surface area (Å²) in [6.07, 6.45) is 2.62. The van der Waals surface area contributed by atoms with Gasteiger partial charge in [0.05, 0.1) is 19.1 Å². The number of hydrogen-bond acceptors (Lipinski definition) is 3. The van der Waals surface area contributed by atoms with Crippen molar-refractivity contribution in [2.24, 2.45) is 5.92 Å². The van der Waals surface area contributed by atoms with Gasteiger partial charge < -0.3 is 9.47 Å². The molecule has 1 unspecified atom stereocenters. The van der Waals surface area contributed by atoms with Crippen LogP contribution in [-0.4, -0.2) is 24.8 Å². The zero-order chi connectivity index (χ0) is 8.60. The summed E-state index contributed by atoms with van der Waals surface area (Å²) in [4.78, 5) is 11.4. The van der Waals surface area contributed by atoms with Gasteiger partial charge in [-0.1, -0.05) is 0 Å². The molecule has 0 spiro atoms. The van der Waals surface area contributed by atoms with E-state index in [1.54, 1.807) is 0 Å². The van der Waals surface area contributed by atoms with E-state index in [1.165, 1.54) is 0 Å². The number of ketones is 1. The molecular formula is C9H14O3. The Kier molecular flexibility index (Phi) is 1.93. The summed E-state index contributed by atoms with van der Waals surface area (Å²) < 4.78 is 10.9. The van der Waals surface area contributed by atoms with Crippen LogP contribution in [0.1, 0.15) is 26.2 Å². The third-order valence-corrected chi connectivity index (χ3v) is 2.80. The van der Waals surface area contributed by atoms with Crippen molar-refractivity contribution in [2.75, 3.05) is 13.2 Å². The second-order valence-electron chi connectivity index (χ2n) is 3.62. The maximum absolute atomic E-state index is 11.4. The van der Waals surface area contributed by atoms with Gasteiger partial charge in [0.2, 0.25) is 0 Å². The molecule has 0 N–H and O–H groups in total. The molecule has 3 heteroatoms. The van der Waals surface area contributed by atoms with Gasteiger partial charge in [0, 0.05) is 6.42 Å². The summed E-state index contributed by atoms with van der Waals surface area (Å²) in [6, 6.07) is 0. The minimum atomic E-state index is -0.604. The molecule has 1 aliphatic carbocycles. The van der Waals surface area contributed by atoms with Crippen molar-refractivity contribution in [3.63, 3.8) is 0 Å². The lowest BCUT2D eigenvalue weighted by molar-refractivity contribution is -0.182. The fourth-order valence-electron chi connectivity index (χ4n) is 2.10. The minimum absolute atomic E-state index is 0.0139. The molecule has 2 aliphatic rings. The highest BCUT2D eigenvalue weighted by atomic mass is 16.7. The van der Waals surface area contributed by atoms with Gasteiger partial charge in [0.15, 0.2) is 5.79 Å². The van der Waals surface area contributed by atoms with Gasteiger partial charge in [-0.2, -0.15) is 0 Å². The zero-order valence-corrected chi connectivity index (χ0v) is 7.34. The molecule has 0 aromatic rings. The zero-order valence-electron chi connectivity index (χ0n) is 7.34. The van der Waals surface area contributed by atoms with Crippen LogP contribution in [-0.2, 0) is 14.3 Å². The molecule has 0 amide bonds. The van der Waals surface area contributed by atoms with Crippen LogP contribution < -0.4 is 0 Å². The average molecular weight is 170 g/mol. The molecule has 0 aromatic heterocycles. The topological polar surface area (TPSA) is 35.5 Å². The van der Waals surface area contributed by atoms with Crippen molar-refractivity contribution < 1.29 is 14.3 Å². The van der Waals surface area contributed by atoms with Gasteiger partial charge in [-0.15, -0.1) is 0 Å². The summed E-state index contributed by atoms with van der Waals surface area (Å²) >= 11 is 0. The summed E-state index contributed by atoms with van der Waals surface area (Å²) in [7, 11) is 0. The molecule has 2 fully saturated rings. The van der Waals surface area contributed by atoms with Crippen molar-refractivity contribution in [1.82, 2.24) is 0 Å². The Morgan fingerprint density at radius 2 is 2.08 bits per heavy atom. The molecule has 68 valence electrons. The third kappa shape index (κ3) is 1.17. The second-order valence-corrected chi connectivity index (χ2v) is 3.62. The van der Waals surface area contributed by atoms with Crippen molar-refractivity contribution in [1.29, 1.82) is 0 Å². The highest BCUT2D eigenvalue weighted by molar-refractivity contribution is 5.83. The highest BCUT2D eigenvalue weighted by Gasteiger charge is 2.45. The fraction of sp³-hybridized carbons (Fsp3) is 0.889. The highest BCUT2D eigenvalue weighted by Crippen LogP contribution is 2.36. The van der Waals surface area contributed by atoms with E-state index in [0.29, 0.717) is 25.4 Å². The van der Waals surface area contributed by atoms with Crippen molar-refractivity contribution in [3.8, 4) is 0 Å². The van der Waals surface area contributed by atoms with Crippen molar-refractivity contribution in [2.45, 2.75) is 32.0 Å². The van der Waals surface area contributed by atoms with Crippen LogP contribution in [0.3, 0.4) is 0 Å². The monoisotopic (exact) mass is 170 g/mol. The maximum atomic E-state index is 11.4. The quantitative estimate of drug-likeness (QED) is 0.591. The molecule has 2 rings (SSSR count). The number of hydrogen-bond donors (Lipinski definition) is 0. The first-order valence-electron chi connectivity index (χ1n) is 4.53. The Morgan fingerprint density at radius 1 is 1.42 bits per heavy atom. The van der Waals surface area contributed by atoms with E-state index in [1.807, 2.05) is 6.92 Å². The number of Topliss-reactive ketones (excluding diaryl/α,β-unsaturated/α-hetero) is 1. The molecule has 3 nitrogen and oxygen atoms in total. The van der Waals surface area contributed by atoms with Gasteiger partial charge in [-0.3, -0.25) is 4.79 Å². The Balaban J connectivity index is 2.11. The molecule has 1 heterocycles. The molecule has 0 radical (unpaired) electrons. The largest absolute Gasteiger partial charge is 0.347 e. The molecule has 12 heavy (non-hydrogen) atoms. The van der Waals surface area contributed by atoms with E-state index >= 15 is 0 Å².